The van der Waals surface area contributed by atoms with Crippen LogP contribution in [0.5, 0.6) is 0 Å². The lowest BCUT2D eigenvalue weighted by Gasteiger charge is -2.20. The molecule has 3 rings (SSSR count). The molecule has 1 saturated carbocycles. The van der Waals surface area contributed by atoms with E-state index in [9.17, 15) is 14.4 Å². The van der Waals surface area contributed by atoms with E-state index < -0.39 is 0 Å². The van der Waals surface area contributed by atoms with Crippen LogP contribution in [0.4, 0.5) is 0 Å². The Morgan fingerprint density at radius 3 is 2.32 bits per heavy atom. The van der Waals surface area contributed by atoms with Crippen LogP contribution in [0.2, 0.25) is 0 Å². The topological polar surface area (TPSA) is 57.7 Å². The summed E-state index contributed by atoms with van der Waals surface area (Å²) in [7, 11) is 1.77. The normalized spacial score (nSPS) is 22.9. The summed E-state index contributed by atoms with van der Waals surface area (Å²) >= 11 is 0. The summed E-state index contributed by atoms with van der Waals surface area (Å²) in [6, 6.07) is 7.98. The average Bonchev–Trinajstić information content (AvgIpc) is 2.86. The fourth-order valence-corrected chi connectivity index (χ4v) is 3.98. The molecule has 1 aliphatic heterocycles. The number of benzene rings is 1. The van der Waals surface area contributed by atoms with Gasteiger partial charge < -0.3 is 4.90 Å². The van der Waals surface area contributed by atoms with Gasteiger partial charge in [-0.1, -0.05) is 37.1 Å². The zero-order valence-electron chi connectivity index (χ0n) is 15.0. The van der Waals surface area contributed by atoms with Crippen molar-refractivity contribution in [2.45, 2.75) is 45.6 Å². The SMILES string of the molecule is Cc1ccccc1CN(C)C(=O)CCN1C(=O)[C@H]2CCCC[C@@H]2C1=O. The van der Waals surface area contributed by atoms with Crippen LogP contribution in [0.1, 0.15) is 43.2 Å². The number of imide groups is 1. The monoisotopic (exact) mass is 342 g/mol. The van der Waals surface area contributed by atoms with Crippen LogP contribution in [-0.4, -0.2) is 41.1 Å². The first kappa shape index (κ1) is 17.6. The van der Waals surface area contributed by atoms with Gasteiger partial charge in [0.1, 0.15) is 0 Å². The van der Waals surface area contributed by atoms with Gasteiger partial charge in [-0.05, 0) is 30.9 Å². The van der Waals surface area contributed by atoms with Gasteiger partial charge in [0.05, 0.1) is 11.8 Å². The molecule has 2 atom stereocenters. The molecule has 5 nitrogen and oxygen atoms in total. The minimum atomic E-state index is -0.138. The van der Waals surface area contributed by atoms with Crippen molar-refractivity contribution >= 4 is 17.7 Å². The molecule has 2 fully saturated rings. The second kappa shape index (κ2) is 7.38. The molecule has 0 bridgehead atoms. The van der Waals surface area contributed by atoms with E-state index in [1.807, 2.05) is 31.2 Å². The van der Waals surface area contributed by atoms with Crippen LogP contribution in [-0.2, 0) is 20.9 Å². The van der Waals surface area contributed by atoms with Crippen molar-refractivity contribution in [2.75, 3.05) is 13.6 Å². The molecular formula is C20H26N2O3. The predicted octanol–water partition coefficient (Wildman–Crippen LogP) is 2.52. The zero-order valence-corrected chi connectivity index (χ0v) is 15.0. The molecule has 1 aromatic carbocycles. The molecule has 1 aliphatic carbocycles. The van der Waals surface area contributed by atoms with Crippen molar-refractivity contribution < 1.29 is 14.4 Å². The Bertz CT molecular complexity index is 661. The van der Waals surface area contributed by atoms with Crippen LogP contribution >= 0.6 is 0 Å². The molecule has 0 N–H and O–H groups in total. The van der Waals surface area contributed by atoms with Gasteiger partial charge in [-0.25, -0.2) is 0 Å². The van der Waals surface area contributed by atoms with Gasteiger partial charge in [-0.2, -0.15) is 0 Å². The standard InChI is InChI=1S/C20H26N2O3/c1-14-7-3-4-8-15(14)13-21(2)18(23)11-12-22-19(24)16-9-5-6-10-17(16)20(22)25/h3-4,7-8,16-17H,5-6,9-13H2,1-2H3/t16-,17-/m0/s1. The lowest BCUT2D eigenvalue weighted by atomic mass is 9.81. The summed E-state index contributed by atoms with van der Waals surface area (Å²) in [5.74, 6) is -0.450. The molecule has 0 aromatic heterocycles. The molecule has 3 amide bonds. The van der Waals surface area contributed by atoms with Gasteiger partial charge in [0.25, 0.3) is 0 Å². The highest BCUT2D eigenvalue weighted by Crippen LogP contribution is 2.37. The molecule has 1 saturated heterocycles. The van der Waals surface area contributed by atoms with Crippen molar-refractivity contribution in [3.63, 3.8) is 0 Å². The largest absolute Gasteiger partial charge is 0.341 e. The number of nitrogens with zero attached hydrogens (tertiary/aromatic N) is 2. The first-order valence-corrected chi connectivity index (χ1v) is 9.12. The number of hydrogen-bond donors (Lipinski definition) is 0. The maximum atomic E-state index is 12.4. The smallest absolute Gasteiger partial charge is 0.233 e. The second-order valence-electron chi connectivity index (χ2n) is 7.25. The minimum Gasteiger partial charge on any atom is -0.341 e. The van der Waals surface area contributed by atoms with E-state index in [0.717, 1.165) is 36.8 Å². The van der Waals surface area contributed by atoms with E-state index in [1.165, 1.54) is 4.90 Å². The third-order valence-corrected chi connectivity index (χ3v) is 5.58. The highest BCUT2D eigenvalue weighted by Gasteiger charge is 2.47. The maximum absolute atomic E-state index is 12.4. The fourth-order valence-electron chi connectivity index (χ4n) is 3.98. The van der Waals surface area contributed by atoms with E-state index >= 15 is 0 Å². The van der Waals surface area contributed by atoms with Crippen LogP contribution in [0, 0.1) is 18.8 Å². The number of carbonyl (C=O) groups is 3. The highest BCUT2D eigenvalue weighted by molar-refractivity contribution is 6.05. The number of amides is 3. The molecule has 134 valence electrons. The molecule has 0 spiro atoms. The molecule has 1 aromatic rings. The number of hydrogen-bond acceptors (Lipinski definition) is 3. The molecule has 0 unspecified atom stereocenters. The summed E-state index contributed by atoms with van der Waals surface area (Å²) in [5, 5.41) is 0. The van der Waals surface area contributed by atoms with Crippen LogP contribution < -0.4 is 0 Å². The van der Waals surface area contributed by atoms with Crippen molar-refractivity contribution in [3.05, 3.63) is 35.4 Å². The predicted molar refractivity (Wildman–Crippen MR) is 94.4 cm³/mol. The van der Waals surface area contributed by atoms with Gasteiger partial charge in [0.2, 0.25) is 17.7 Å². The van der Waals surface area contributed by atoms with Gasteiger partial charge in [-0.15, -0.1) is 0 Å². The van der Waals surface area contributed by atoms with Gasteiger partial charge >= 0.3 is 0 Å². The Morgan fingerprint density at radius 2 is 1.72 bits per heavy atom. The quantitative estimate of drug-likeness (QED) is 0.773. The highest BCUT2D eigenvalue weighted by atomic mass is 16.2. The Balaban J connectivity index is 1.56. The Morgan fingerprint density at radius 1 is 1.12 bits per heavy atom. The van der Waals surface area contributed by atoms with E-state index in [2.05, 4.69) is 0 Å². The first-order chi connectivity index (χ1) is 12.0. The molecule has 1 heterocycles. The molecule has 2 aliphatic rings. The van der Waals surface area contributed by atoms with Crippen molar-refractivity contribution in [1.29, 1.82) is 0 Å². The third kappa shape index (κ3) is 3.60. The summed E-state index contributed by atoms with van der Waals surface area (Å²) in [6.45, 7) is 2.78. The molecular weight excluding hydrogens is 316 g/mol. The summed E-state index contributed by atoms with van der Waals surface area (Å²) in [4.78, 5) is 40.3. The van der Waals surface area contributed by atoms with Crippen molar-refractivity contribution in [3.8, 4) is 0 Å². The lowest BCUT2D eigenvalue weighted by molar-refractivity contribution is -0.140. The van der Waals surface area contributed by atoms with Gasteiger partial charge in [0.15, 0.2) is 0 Å². The number of rotatable bonds is 5. The third-order valence-electron chi connectivity index (χ3n) is 5.58. The Kier molecular flexibility index (Phi) is 5.21. The summed E-state index contributed by atoms with van der Waals surface area (Å²) in [5.41, 5.74) is 2.26. The van der Waals surface area contributed by atoms with Crippen molar-refractivity contribution in [1.82, 2.24) is 9.80 Å². The van der Waals surface area contributed by atoms with E-state index in [-0.39, 0.29) is 42.5 Å². The van der Waals surface area contributed by atoms with Crippen LogP contribution in [0.15, 0.2) is 24.3 Å². The van der Waals surface area contributed by atoms with E-state index in [0.29, 0.717) is 6.54 Å². The number of carbonyl (C=O) groups excluding carboxylic acids is 3. The van der Waals surface area contributed by atoms with E-state index in [4.69, 9.17) is 0 Å². The second-order valence-corrected chi connectivity index (χ2v) is 7.25. The van der Waals surface area contributed by atoms with E-state index in [1.54, 1.807) is 11.9 Å². The summed E-state index contributed by atoms with van der Waals surface area (Å²) in [6.07, 6.45) is 3.86. The first-order valence-electron chi connectivity index (χ1n) is 9.12. The summed E-state index contributed by atoms with van der Waals surface area (Å²) < 4.78 is 0. The van der Waals surface area contributed by atoms with Crippen LogP contribution in [0.3, 0.4) is 0 Å². The molecule has 0 radical (unpaired) electrons. The molecule has 5 heteroatoms. The number of likely N-dealkylation sites (tertiary alicyclic amines) is 1. The fraction of sp³-hybridized carbons (Fsp3) is 0.550. The molecule has 25 heavy (non-hydrogen) atoms. The number of aryl methyl sites for hydroxylation is 1. The van der Waals surface area contributed by atoms with Crippen LogP contribution in [0.25, 0.3) is 0 Å². The Hall–Kier alpha value is -2.17. The minimum absolute atomic E-state index is 0.0428. The van der Waals surface area contributed by atoms with Crippen molar-refractivity contribution in [2.24, 2.45) is 11.8 Å². The van der Waals surface area contributed by atoms with Gasteiger partial charge in [0, 0.05) is 26.6 Å². The van der Waals surface area contributed by atoms with Gasteiger partial charge in [-0.3, -0.25) is 19.3 Å². The maximum Gasteiger partial charge on any atom is 0.233 e. The lowest BCUT2D eigenvalue weighted by Crippen LogP contribution is -2.36. The number of fused-ring (bicyclic) bond motifs is 1. The zero-order chi connectivity index (χ0) is 18.0. The Labute approximate surface area is 149 Å². The average molecular weight is 342 g/mol.